The van der Waals surface area contributed by atoms with Crippen molar-refractivity contribution in [3.05, 3.63) is 47.8 Å². The molecule has 1 aromatic carbocycles. The molecule has 3 aliphatic rings. The van der Waals surface area contributed by atoms with E-state index < -0.39 is 36.1 Å². The Morgan fingerprint density at radius 1 is 1.13 bits per heavy atom. The quantitative estimate of drug-likeness (QED) is 0.461. The summed E-state index contributed by atoms with van der Waals surface area (Å²) in [6, 6.07) is 7.55. The molecule has 3 aromatic rings. The highest BCUT2D eigenvalue weighted by Crippen LogP contribution is 2.34. The summed E-state index contributed by atoms with van der Waals surface area (Å²) >= 11 is 0. The Morgan fingerprint density at radius 3 is 2.62 bits per heavy atom. The number of alkyl halides is 4. The molecule has 2 aliphatic heterocycles. The van der Waals surface area contributed by atoms with E-state index in [-0.39, 0.29) is 62.9 Å². The number of halogens is 4. The monoisotopic (exact) mass is 545 g/mol. The normalized spacial score (nSPS) is 26.3. The first kappa shape index (κ1) is 25.5. The number of hydrogen-bond donors (Lipinski definition) is 2. The molecular formula is C26H27F4N7O2. The fraction of sp³-hybridized carbons (Fsp3) is 0.462. The van der Waals surface area contributed by atoms with E-state index >= 15 is 0 Å². The van der Waals surface area contributed by atoms with Crippen molar-refractivity contribution in [1.82, 2.24) is 29.7 Å². The summed E-state index contributed by atoms with van der Waals surface area (Å²) in [5.41, 5.74) is 8.75. The van der Waals surface area contributed by atoms with Crippen LogP contribution in [-0.2, 0) is 11.3 Å². The van der Waals surface area contributed by atoms with Gasteiger partial charge >= 0.3 is 0 Å². The number of hydrogen-bond acceptors (Lipinski definition) is 6. The molecule has 13 heteroatoms. The molecule has 2 atom stereocenters. The Labute approximate surface area is 221 Å². The second kappa shape index (κ2) is 9.47. The van der Waals surface area contributed by atoms with E-state index in [1.165, 1.54) is 11.2 Å². The lowest BCUT2D eigenvalue weighted by atomic mass is 9.82. The average molecular weight is 546 g/mol. The number of nitrogens with two attached hydrogens (primary N) is 1. The van der Waals surface area contributed by atoms with Crippen LogP contribution in [0.1, 0.15) is 28.8 Å². The van der Waals surface area contributed by atoms with Crippen molar-refractivity contribution in [1.29, 1.82) is 0 Å². The van der Waals surface area contributed by atoms with Crippen LogP contribution < -0.4 is 11.1 Å². The van der Waals surface area contributed by atoms with E-state index in [2.05, 4.69) is 15.4 Å². The predicted molar refractivity (Wildman–Crippen MR) is 133 cm³/mol. The zero-order valence-electron chi connectivity index (χ0n) is 20.9. The molecule has 1 aliphatic carbocycles. The van der Waals surface area contributed by atoms with Crippen LogP contribution in [0.25, 0.3) is 16.8 Å². The third kappa shape index (κ3) is 4.79. The van der Waals surface area contributed by atoms with Gasteiger partial charge in [-0.1, -0.05) is 12.1 Å². The molecule has 2 aromatic heterocycles. The van der Waals surface area contributed by atoms with Crippen LogP contribution in [0.3, 0.4) is 0 Å². The number of anilines is 1. The summed E-state index contributed by atoms with van der Waals surface area (Å²) in [5.74, 6) is -3.71. The molecule has 0 radical (unpaired) electrons. The molecule has 0 unspecified atom stereocenters. The predicted octanol–water partition coefficient (Wildman–Crippen LogP) is 2.46. The number of aromatic nitrogens is 3. The van der Waals surface area contributed by atoms with E-state index in [1.807, 2.05) is 0 Å². The van der Waals surface area contributed by atoms with Gasteiger partial charge in [0.1, 0.15) is 24.2 Å². The fourth-order valence-corrected chi connectivity index (χ4v) is 5.59. The summed E-state index contributed by atoms with van der Waals surface area (Å²) in [6.07, 6.45) is -0.813. The molecule has 39 heavy (non-hydrogen) atoms. The molecule has 6 rings (SSSR count). The highest BCUT2D eigenvalue weighted by atomic mass is 19.3. The van der Waals surface area contributed by atoms with E-state index in [1.54, 1.807) is 39.7 Å². The van der Waals surface area contributed by atoms with Crippen molar-refractivity contribution in [3.8, 4) is 11.3 Å². The molecule has 2 amide bonds. The summed E-state index contributed by atoms with van der Waals surface area (Å²) in [7, 11) is 0. The van der Waals surface area contributed by atoms with Crippen LogP contribution in [-0.4, -0.2) is 86.7 Å². The second-order valence-corrected chi connectivity index (χ2v) is 10.6. The number of nitrogens with one attached hydrogen (secondary N) is 1. The number of nitrogens with zero attached hydrogens (tertiary/aromatic N) is 5. The lowest BCUT2D eigenvalue weighted by Gasteiger charge is -2.38. The minimum atomic E-state index is -2.71. The van der Waals surface area contributed by atoms with Crippen LogP contribution in [0.2, 0.25) is 0 Å². The van der Waals surface area contributed by atoms with Gasteiger partial charge in [0.25, 0.3) is 11.8 Å². The zero-order valence-corrected chi connectivity index (χ0v) is 20.9. The van der Waals surface area contributed by atoms with Crippen LogP contribution in [0.15, 0.2) is 36.7 Å². The molecule has 9 nitrogen and oxygen atoms in total. The average Bonchev–Trinajstić information content (AvgIpc) is 3.42. The van der Waals surface area contributed by atoms with Crippen LogP contribution in [0, 0.1) is 5.92 Å². The number of likely N-dealkylation sites (tertiary alicyclic amines) is 2. The standard InChI is InChI=1S/C26H27F4N7O2/c27-18-5-16(6-18)25(39)36-9-19(28)20(10-36)34-24(38)15-3-1-2-14(4-15)21-7-17(8-35-11-26(29,30)12-35)22-23(31)32-13-33-37(21)22/h1-4,7,13,16,18-20H,5-6,8-12H2,(H,34,38)(H2,31,32,33)/t16?,18?,19-,20+/m0/s1. The maximum Gasteiger partial charge on any atom is 0.272 e. The number of amides is 2. The van der Waals surface area contributed by atoms with Crippen molar-refractivity contribution in [2.75, 3.05) is 31.9 Å². The molecule has 0 bridgehead atoms. The minimum Gasteiger partial charge on any atom is -0.382 e. The van der Waals surface area contributed by atoms with E-state index in [0.717, 1.165) is 0 Å². The van der Waals surface area contributed by atoms with Gasteiger partial charge in [0.2, 0.25) is 5.91 Å². The van der Waals surface area contributed by atoms with Gasteiger partial charge in [-0.15, -0.1) is 0 Å². The van der Waals surface area contributed by atoms with Crippen LogP contribution in [0.5, 0.6) is 0 Å². The van der Waals surface area contributed by atoms with Crippen molar-refractivity contribution in [2.24, 2.45) is 5.92 Å². The number of nitrogen functional groups attached to an aromatic ring is 1. The zero-order chi connectivity index (χ0) is 27.5. The van der Waals surface area contributed by atoms with E-state index in [0.29, 0.717) is 22.3 Å². The Bertz CT molecular complexity index is 1430. The van der Waals surface area contributed by atoms with Crippen molar-refractivity contribution < 1.29 is 27.2 Å². The summed E-state index contributed by atoms with van der Waals surface area (Å²) < 4.78 is 56.2. The Kier molecular flexibility index (Phi) is 6.20. The Hall–Kier alpha value is -3.74. The first-order valence-electron chi connectivity index (χ1n) is 12.8. The smallest absolute Gasteiger partial charge is 0.272 e. The molecule has 3 fully saturated rings. The van der Waals surface area contributed by atoms with Gasteiger partial charge in [-0.05, 0) is 36.6 Å². The number of carbonyl (C=O) groups excluding carboxylic acids is 2. The maximum absolute atomic E-state index is 14.7. The number of rotatable bonds is 6. The van der Waals surface area contributed by atoms with Gasteiger partial charge in [0.05, 0.1) is 31.4 Å². The van der Waals surface area contributed by atoms with Gasteiger partial charge in [-0.25, -0.2) is 27.1 Å². The fourth-order valence-electron chi connectivity index (χ4n) is 5.59. The largest absolute Gasteiger partial charge is 0.382 e. The molecule has 206 valence electrons. The summed E-state index contributed by atoms with van der Waals surface area (Å²) in [6.45, 7) is -0.574. The number of fused-ring (bicyclic) bond motifs is 1. The highest BCUT2D eigenvalue weighted by Gasteiger charge is 2.44. The summed E-state index contributed by atoms with van der Waals surface area (Å²) in [5, 5.41) is 6.97. The Morgan fingerprint density at radius 2 is 1.90 bits per heavy atom. The number of benzene rings is 1. The van der Waals surface area contributed by atoms with Gasteiger partial charge in [0.15, 0.2) is 5.82 Å². The number of carbonyl (C=O) groups is 2. The lowest BCUT2D eigenvalue weighted by molar-refractivity contribution is -0.139. The minimum absolute atomic E-state index is 0.0251. The van der Waals surface area contributed by atoms with E-state index in [4.69, 9.17) is 5.73 Å². The topological polar surface area (TPSA) is 109 Å². The molecule has 0 spiro atoms. The first-order valence-corrected chi connectivity index (χ1v) is 12.8. The molecule has 1 saturated carbocycles. The third-order valence-electron chi connectivity index (χ3n) is 7.69. The van der Waals surface area contributed by atoms with Gasteiger partial charge in [-0.3, -0.25) is 14.5 Å². The van der Waals surface area contributed by atoms with Gasteiger partial charge in [-0.2, -0.15) is 5.10 Å². The van der Waals surface area contributed by atoms with E-state index in [9.17, 15) is 27.2 Å². The lowest BCUT2D eigenvalue weighted by Crippen LogP contribution is -2.55. The molecular weight excluding hydrogens is 518 g/mol. The molecule has 3 N–H and O–H groups in total. The van der Waals surface area contributed by atoms with Crippen molar-refractivity contribution in [3.63, 3.8) is 0 Å². The second-order valence-electron chi connectivity index (χ2n) is 10.6. The molecule has 2 saturated heterocycles. The SMILES string of the molecule is Nc1ncnn2c(-c3cccc(C(=O)N[C@@H]4CN(C(=O)C5CC(F)C5)C[C@@H]4F)c3)cc(CN3CC(F)(F)C3)c12. The van der Waals surface area contributed by atoms with Crippen molar-refractivity contribution >= 4 is 23.1 Å². The van der Waals surface area contributed by atoms with Gasteiger partial charge < -0.3 is 16.0 Å². The van der Waals surface area contributed by atoms with Crippen molar-refractivity contribution in [2.45, 2.75) is 43.7 Å². The highest BCUT2D eigenvalue weighted by molar-refractivity contribution is 5.96. The van der Waals surface area contributed by atoms with Crippen LogP contribution >= 0.6 is 0 Å². The van der Waals surface area contributed by atoms with Gasteiger partial charge in [0, 0.05) is 30.1 Å². The first-order chi connectivity index (χ1) is 18.6. The van der Waals surface area contributed by atoms with Crippen LogP contribution in [0.4, 0.5) is 23.4 Å². The Balaban J connectivity index is 1.20. The summed E-state index contributed by atoms with van der Waals surface area (Å²) in [4.78, 5) is 32.6. The maximum atomic E-state index is 14.7. The molecule has 4 heterocycles. The third-order valence-corrected chi connectivity index (χ3v) is 7.69.